The van der Waals surface area contributed by atoms with Crippen molar-refractivity contribution in [2.75, 3.05) is 0 Å². The number of hydrogen-bond acceptors (Lipinski definition) is 4. The molecular weight excluding hydrogens is 554 g/mol. The third kappa shape index (κ3) is 7.61. The summed E-state index contributed by atoms with van der Waals surface area (Å²) in [6.07, 6.45) is 3.94. The Bertz CT molecular complexity index is 1530. The quantitative estimate of drug-likeness (QED) is 0.185. The Morgan fingerprint density at radius 1 is 0.909 bits per heavy atom. The standard InChI is InChI=1S/C36H41N3O5/c1-24(2)20-31(33(42)37-30(22-32(40)41)29-13-9-10-25(3)21-29)39-34(43)36(4,5)38(35(39)44)23-28-18-16-27(17-19-28)15-14-26-11-7-6-8-12-26/h6-19,21,24,30-31H,20,22-23H2,1-5H3,(H,37,42)(H,40,41)/b15-14+. The summed E-state index contributed by atoms with van der Waals surface area (Å²) >= 11 is 0. The highest BCUT2D eigenvalue weighted by molar-refractivity contribution is 6.09. The van der Waals surface area contributed by atoms with Crippen LogP contribution in [0.5, 0.6) is 0 Å². The Morgan fingerprint density at radius 2 is 1.55 bits per heavy atom. The number of carbonyl (C=O) groups excluding carboxylic acids is 3. The van der Waals surface area contributed by atoms with Gasteiger partial charge in [0, 0.05) is 6.54 Å². The molecule has 1 aliphatic rings. The fraction of sp³-hybridized carbons (Fsp3) is 0.333. The molecule has 0 radical (unpaired) electrons. The number of aliphatic carboxylic acids is 1. The van der Waals surface area contributed by atoms with Crippen LogP contribution >= 0.6 is 0 Å². The molecule has 4 amide bonds. The molecule has 0 aliphatic carbocycles. The molecule has 1 saturated heterocycles. The minimum atomic E-state index is -1.19. The van der Waals surface area contributed by atoms with E-state index in [1.54, 1.807) is 26.0 Å². The van der Waals surface area contributed by atoms with Gasteiger partial charge in [-0.1, -0.05) is 110 Å². The minimum absolute atomic E-state index is 0.0168. The van der Waals surface area contributed by atoms with Crippen LogP contribution in [0.1, 0.15) is 74.4 Å². The Hall–Kier alpha value is -4.72. The second-order valence-corrected chi connectivity index (χ2v) is 12.3. The molecule has 4 rings (SSSR count). The van der Waals surface area contributed by atoms with Crippen molar-refractivity contribution in [1.82, 2.24) is 15.1 Å². The number of amides is 4. The number of aryl methyl sites for hydroxylation is 1. The molecule has 1 aliphatic heterocycles. The summed E-state index contributed by atoms with van der Waals surface area (Å²) in [6, 6.07) is 22.6. The second-order valence-electron chi connectivity index (χ2n) is 12.3. The van der Waals surface area contributed by atoms with Crippen molar-refractivity contribution in [3.8, 4) is 0 Å². The van der Waals surface area contributed by atoms with Gasteiger partial charge in [0.25, 0.3) is 5.91 Å². The SMILES string of the molecule is Cc1cccc(C(CC(=O)O)NC(=O)C(CC(C)C)N2C(=O)N(Cc3ccc(/C=C/c4ccccc4)cc3)C(C)(C)C2=O)c1. The maximum Gasteiger partial charge on any atom is 0.328 e. The molecule has 2 atom stereocenters. The summed E-state index contributed by atoms with van der Waals surface area (Å²) in [7, 11) is 0. The number of nitrogens with zero attached hydrogens (tertiary/aromatic N) is 2. The first-order chi connectivity index (χ1) is 20.9. The van der Waals surface area contributed by atoms with E-state index >= 15 is 0 Å². The van der Waals surface area contributed by atoms with E-state index in [1.807, 2.05) is 99.7 Å². The van der Waals surface area contributed by atoms with Crippen molar-refractivity contribution >= 4 is 36.0 Å². The molecule has 8 nitrogen and oxygen atoms in total. The van der Waals surface area contributed by atoms with Crippen LogP contribution in [-0.4, -0.2) is 50.3 Å². The van der Waals surface area contributed by atoms with E-state index < -0.39 is 41.4 Å². The molecule has 0 bridgehead atoms. The number of imide groups is 1. The lowest BCUT2D eigenvalue weighted by Gasteiger charge is -2.29. The molecule has 0 spiro atoms. The van der Waals surface area contributed by atoms with E-state index in [-0.39, 0.29) is 25.3 Å². The Morgan fingerprint density at radius 3 is 2.14 bits per heavy atom. The van der Waals surface area contributed by atoms with Crippen LogP contribution in [0.15, 0.2) is 78.9 Å². The van der Waals surface area contributed by atoms with Crippen LogP contribution in [0.25, 0.3) is 12.2 Å². The molecule has 3 aromatic rings. The number of carboxylic acid groups (broad SMARTS) is 1. The normalized spacial score (nSPS) is 16.0. The molecule has 3 aromatic carbocycles. The zero-order chi connectivity index (χ0) is 32.0. The van der Waals surface area contributed by atoms with Gasteiger partial charge < -0.3 is 15.3 Å². The Kier molecular flexibility index (Phi) is 10.0. The van der Waals surface area contributed by atoms with E-state index in [4.69, 9.17) is 0 Å². The van der Waals surface area contributed by atoms with Gasteiger partial charge in [-0.25, -0.2) is 9.69 Å². The zero-order valence-corrected chi connectivity index (χ0v) is 26.0. The van der Waals surface area contributed by atoms with Crippen molar-refractivity contribution < 1.29 is 24.3 Å². The number of rotatable bonds is 12. The molecular formula is C36H41N3O5. The highest BCUT2D eigenvalue weighted by atomic mass is 16.4. The number of hydrogen-bond donors (Lipinski definition) is 2. The van der Waals surface area contributed by atoms with E-state index in [0.29, 0.717) is 5.56 Å². The molecule has 230 valence electrons. The Balaban J connectivity index is 1.55. The van der Waals surface area contributed by atoms with Crippen molar-refractivity contribution in [3.63, 3.8) is 0 Å². The average Bonchev–Trinajstić information content (AvgIpc) is 3.14. The molecule has 0 aromatic heterocycles. The van der Waals surface area contributed by atoms with E-state index in [0.717, 1.165) is 27.2 Å². The number of benzene rings is 3. The topological polar surface area (TPSA) is 107 Å². The molecule has 2 unspecified atom stereocenters. The van der Waals surface area contributed by atoms with E-state index in [1.165, 1.54) is 4.90 Å². The van der Waals surface area contributed by atoms with Crippen molar-refractivity contribution in [1.29, 1.82) is 0 Å². The van der Waals surface area contributed by atoms with Gasteiger partial charge in [0.15, 0.2) is 0 Å². The van der Waals surface area contributed by atoms with Crippen LogP contribution in [0, 0.1) is 12.8 Å². The lowest BCUT2D eigenvalue weighted by atomic mass is 9.97. The first kappa shape index (κ1) is 32.2. The number of carbonyl (C=O) groups is 4. The van der Waals surface area contributed by atoms with Crippen molar-refractivity contribution in [3.05, 3.63) is 107 Å². The lowest BCUT2D eigenvalue weighted by molar-refractivity contribution is -0.140. The highest BCUT2D eigenvalue weighted by Crippen LogP contribution is 2.33. The number of carboxylic acids is 1. The predicted molar refractivity (Wildman–Crippen MR) is 171 cm³/mol. The van der Waals surface area contributed by atoms with Crippen LogP contribution in [0.2, 0.25) is 0 Å². The summed E-state index contributed by atoms with van der Waals surface area (Å²) in [5.41, 5.74) is 3.33. The maximum absolute atomic E-state index is 13.9. The summed E-state index contributed by atoms with van der Waals surface area (Å²) < 4.78 is 0. The van der Waals surface area contributed by atoms with Crippen molar-refractivity contribution in [2.45, 2.75) is 71.6 Å². The van der Waals surface area contributed by atoms with Gasteiger partial charge in [-0.05, 0) is 55.4 Å². The zero-order valence-electron chi connectivity index (χ0n) is 26.0. The fourth-order valence-electron chi connectivity index (χ4n) is 5.44. The predicted octanol–water partition coefficient (Wildman–Crippen LogP) is 6.46. The first-order valence-corrected chi connectivity index (χ1v) is 14.9. The number of nitrogens with one attached hydrogen (secondary N) is 1. The van der Waals surface area contributed by atoms with Gasteiger partial charge in [0.05, 0.1) is 12.5 Å². The van der Waals surface area contributed by atoms with Crippen LogP contribution in [0.4, 0.5) is 4.79 Å². The Labute approximate surface area is 259 Å². The summed E-state index contributed by atoms with van der Waals surface area (Å²) in [4.78, 5) is 55.8. The lowest BCUT2D eigenvalue weighted by Crippen LogP contribution is -2.52. The van der Waals surface area contributed by atoms with E-state index in [2.05, 4.69) is 5.32 Å². The third-order valence-corrected chi connectivity index (χ3v) is 7.89. The van der Waals surface area contributed by atoms with Gasteiger partial charge in [-0.2, -0.15) is 0 Å². The third-order valence-electron chi connectivity index (χ3n) is 7.89. The van der Waals surface area contributed by atoms with E-state index in [9.17, 15) is 24.3 Å². The molecule has 8 heteroatoms. The summed E-state index contributed by atoms with van der Waals surface area (Å²) in [5, 5.41) is 12.4. The van der Waals surface area contributed by atoms with Crippen LogP contribution in [-0.2, 0) is 20.9 Å². The molecule has 1 fully saturated rings. The van der Waals surface area contributed by atoms with Gasteiger partial charge in [-0.3, -0.25) is 14.4 Å². The fourth-order valence-corrected chi connectivity index (χ4v) is 5.44. The van der Waals surface area contributed by atoms with Gasteiger partial charge in [-0.15, -0.1) is 0 Å². The molecule has 0 saturated carbocycles. The molecule has 44 heavy (non-hydrogen) atoms. The molecule has 2 N–H and O–H groups in total. The monoisotopic (exact) mass is 595 g/mol. The van der Waals surface area contributed by atoms with Crippen molar-refractivity contribution in [2.24, 2.45) is 5.92 Å². The van der Waals surface area contributed by atoms with Crippen LogP contribution < -0.4 is 5.32 Å². The number of urea groups is 1. The maximum atomic E-state index is 13.9. The molecule has 1 heterocycles. The first-order valence-electron chi connectivity index (χ1n) is 14.9. The largest absolute Gasteiger partial charge is 0.481 e. The van der Waals surface area contributed by atoms with Gasteiger partial charge in [0.2, 0.25) is 5.91 Å². The summed E-state index contributed by atoms with van der Waals surface area (Å²) in [6.45, 7) is 9.28. The van der Waals surface area contributed by atoms with Gasteiger partial charge >= 0.3 is 12.0 Å². The smallest absolute Gasteiger partial charge is 0.328 e. The highest BCUT2D eigenvalue weighted by Gasteiger charge is 2.54. The summed E-state index contributed by atoms with van der Waals surface area (Å²) in [5.74, 6) is -2.10. The minimum Gasteiger partial charge on any atom is -0.481 e. The average molecular weight is 596 g/mol. The second kappa shape index (κ2) is 13.7. The van der Waals surface area contributed by atoms with Crippen LogP contribution in [0.3, 0.4) is 0 Å². The van der Waals surface area contributed by atoms with Gasteiger partial charge in [0.1, 0.15) is 11.6 Å².